The van der Waals surface area contributed by atoms with Crippen molar-refractivity contribution in [3.63, 3.8) is 0 Å². The summed E-state index contributed by atoms with van der Waals surface area (Å²) in [7, 11) is 0. The van der Waals surface area contributed by atoms with E-state index in [0.717, 1.165) is 24.4 Å². The van der Waals surface area contributed by atoms with Gasteiger partial charge in [-0.3, -0.25) is 4.98 Å². The van der Waals surface area contributed by atoms with Crippen molar-refractivity contribution in [2.75, 3.05) is 26.2 Å². The van der Waals surface area contributed by atoms with Gasteiger partial charge in [0.1, 0.15) is 0 Å². The molecule has 1 N–H and O–H groups in total. The number of rotatable bonds is 5. The number of hydrogen-bond donors (Lipinski definition) is 1. The molecule has 4 heteroatoms. The van der Waals surface area contributed by atoms with Gasteiger partial charge in [0.25, 0.3) is 0 Å². The Morgan fingerprint density at radius 3 is 2.71 bits per heavy atom. The third-order valence-electron chi connectivity index (χ3n) is 5.08. The molecule has 1 aliphatic heterocycles. The molecule has 0 atom stereocenters. The van der Waals surface area contributed by atoms with E-state index in [-0.39, 0.29) is 0 Å². The fourth-order valence-corrected chi connectivity index (χ4v) is 3.64. The minimum Gasteiger partial charge on any atom is -0.375 e. The molecule has 0 bridgehead atoms. The molecule has 1 aromatic carbocycles. The molecule has 1 fully saturated rings. The summed E-state index contributed by atoms with van der Waals surface area (Å²) in [6.07, 6.45) is 4.64. The smallest absolute Gasteiger partial charge is 0.0720 e. The highest BCUT2D eigenvalue weighted by molar-refractivity contribution is 6.07. The molecule has 0 spiro atoms. The van der Waals surface area contributed by atoms with Crippen LogP contribution in [-0.4, -0.2) is 41.1 Å². The minimum atomic E-state index is 0.683. The van der Waals surface area contributed by atoms with Crippen molar-refractivity contribution < 1.29 is 4.74 Å². The molecule has 24 heavy (non-hydrogen) atoms. The van der Waals surface area contributed by atoms with Gasteiger partial charge in [0, 0.05) is 40.2 Å². The zero-order chi connectivity index (χ0) is 16.5. The van der Waals surface area contributed by atoms with Gasteiger partial charge in [-0.1, -0.05) is 0 Å². The summed E-state index contributed by atoms with van der Waals surface area (Å²) in [4.78, 5) is 10.4. The summed E-state index contributed by atoms with van der Waals surface area (Å²) in [6.45, 7) is 9.21. The first-order valence-corrected chi connectivity index (χ1v) is 8.88. The monoisotopic (exact) mass is 323 g/mol. The first kappa shape index (κ1) is 15.6. The summed E-state index contributed by atoms with van der Waals surface area (Å²) >= 11 is 0. The van der Waals surface area contributed by atoms with Gasteiger partial charge in [-0.05, 0) is 69.1 Å². The van der Waals surface area contributed by atoms with Crippen LogP contribution in [0.5, 0.6) is 0 Å². The first-order valence-electron chi connectivity index (χ1n) is 8.88. The lowest BCUT2D eigenvalue weighted by Gasteiger charge is -2.14. The number of fused-ring (bicyclic) bond motifs is 3. The van der Waals surface area contributed by atoms with E-state index in [2.05, 4.69) is 40.0 Å². The molecule has 0 amide bonds. The largest absolute Gasteiger partial charge is 0.375 e. The molecule has 126 valence electrons. The number of hydrogen-bond acceptors (Lipinski definition) is 3. The molecule has 4 rings (SSSR count). The van der Waals surface area contributed by atoms with Crippen molar-refractivity contribution in [2.24, 2.45) is 0 Å². The topological polar surface area (TPSA) is 41.1 Å². The molecule has 3 heterocycles. The van der Waals surface area contributed by atoms with E-state index in [1.165, 1.54) is 53.3 Å². The second-order valence-corrected chi connectivity index (χ2v) is 6.92. The zero-order valence-electron chi connectivity index (χ0n) is 14.6. The van der Waals surface area contributed by atoms with E-state index < -0.39 is 0 Å². The summed E-state index contributed by atoms with van der Waals surface area (Å²) in [6, 6.07) is 6.59. The van der Waals surface area contributed by atoms with Gasteiger partial charge in [0.2, 0.25) is 0 Å². The van der Waals surface area contributed by atoms with Crippen LogP contribution < -0.4 is 0 Å². The number of aromatic amines is 1. The lowest BCUT2D eigenvalue weighted by atomic mass is 10.1. The van der Waals surface area contributed by atoms with E-state index in [1.807, 2.05) is 13.1 Å². The number of benzene rings is 1. The zero-order valence-corrected chi connectivity index (χ0v) is 14.6. The summed E-state index contributed by atoms with van der Waals surface area (Å²) in [5, 5.41) is 2.44. The van der Waals surface area contributed by atoms with Crippen LogP contribution >= 0.6 is 0 Å². The number of nitrogens with zero attached hydrogens (tertiary/aromatic N) is 2. The van der Waals surface area contributed by atoms with E-state index >= 15 is 0 Å². The van der Waals surface area contributed by atoms with E-state index in [9.17, 15) is 0 Å². The summed E-state index contributed by atoms with van der Waals surface area (Å²) in [5.41, 5.74) is 5.91. The molecular formula is C20H25N3O. The van der Waals surface area contributed by atoms with Crippen molar-refractivity contribution in [1.29, 1.82) is 0 Å². The van der Waals surface area contributed by atoms with Crippen LogP contribution in [0.2, 0.25) is 0 Å². The number of aryl methyl sites for hydroxylation is 2. The third-order valence-corrected chi connectivity index (χ3v) is 5.08. The maximum Gasteiger partial charge on any atom is 0.0720 e. The Bertz CT molecular complexity index is 862. The Balaban J connectivity index is 1.50. The predicted molar refractivity (Wildman–Crippen MR) is 98.4 cm³/mol. The fraction of sp³-hybridized carbons (Fsp3) is 0.450. The Morgan fingerprint density at radius 1 is 1.08 bits per heavy atom. The van der Waals surface area contributed by atoms with E-state index in [4.69, 9.17) is 4.74 Å². The molecule has 4 nitrogen and oxygen atoms in total. The van der Waals surface area contributed by atoms with Crippen LogP contribution in [0.1, 0.15) is 29.7 Å². The quantitative estimate of drug-likeness (QED) is 0.723. The molecule has 1 aliphatic rings. The highest BCUT2D eigenvalue weighted by Crippen LogP contribution is 2.28. The van der Waals surface area contributed by atoms with Gasteiger partial charge in [0.05, 0.1) is 13.2 Å². The van der Waals surface area contributed by atoms with Crippen LogP contribution in [-0.2, 0) is 11.3 Å². The molecule has 0 aliphatic carbocycles. The number of nitrogens with one attached hydrogen (secondary N) is 1. The molecule has 0 unspecified atom stereocenters. The third kappa shape index (κ3) is 3.04. The van der Waals surface area contributed by atoms with Crippen LogP contribution in [0.25, 0.3) is 21.8 Å². The van der Waals surface area contributed by atoms with E-state index in [0.29, 0.717) is 6.61 Å². The van der Waals surface area contributed by atoms with Crippen molar-refractivity contribution in [3.8, 4) is 0 Å². The Labute approximate surface area is 142 Å². The normalized spacial score (nSPS) is 15.8. The second kappa shape index (κ2) is 6.54. The molecular weight excluding hydrogens is 298 g/mol. The highest BCUT2D eigenvalue weighted by Gasteiger charge is 2.11. The van der Waals surface area contributed by atoms with Crippen LogP contribution in [0.3, 0.4) is 0 Å². The Morgan fingerprint density at radius 2 is 1.88 bits per heavy atom. The molecule has 0 radical (unpaired) electrons. The number of aromatic nitrogens is 2. The van der Waals surface area contributed by atoms with Crippen molar-refractivity contribution in [1.82, 2.24) is 14.9 Å². The number of pyridine rings is 1. The maximum absolute atomic E-state index is 5.94. The summed E-state index contributed by atoms with van der Waals surface area (Å²) in [5.74, 6) is 0. The predicted octanol–water partition coefficient (Wildman–Crippen LogP) is 3.95. The van der Waals surface area contributed by atoms with Crippen LogP contribution in [0.4, 0.5) is 0 Å². The SMILES string of the molecule is Cc1cc2[nH]c3cc(COCCN4CCCC4)c(C)cc3c2cn1. The minimum absolute atomic E-state index is 0.683. The van der Waals surface area contributed by atoms with Gasteiger partial charge < -0.3 is 14.6 Å². The summed E-state index contributed by atoms with van der Waals surface area (Å²) < 4.78 is 5.94. The molecule has 1 saturated heterocycles. The maximum atomic E-state index is 5.94. The van der Waals surface area contributed by atoms with Gasteiger partial charge in [0.15, 0.2) is 0 Å². The van der Waals surface area contributed by atoms with Gasteiger partial charge >= 0.3 is 0 Å². The average molecular weight is 323 g/mol. The number of ether oxygens (including phenoxy) is 1. The molecule has 2 aromatic heterocycles. The average Bonchev–Trinajstić information content (AvgIpc) is 3.18. The lowest BCUT2D eigenvalue weighted by Crippen LogP contribution is -2.23. The fourth-order valence-electron chi connectivity index (χ4n) is 3.64. The van der Waals surface area contributed by atoms with Crippen molar-refractivity contribution in [2.45, 2.75) is 33.3 Å². The van der Waals surface area contributed by atoms with Gasteiger partial charge in [-0.15, -0.1) is 0 Å². The molecule has 0 saturated carbocycles. The van der Waals surface area contributed by atoms with Crippen LogP contribution in [0, 0.1) is 13.8 Å². The second-order valence-electron chi connectivity index (χ2n) is 6.92. The highest BCUT2D eigenvalue weighted by atomic mass is 16.5. The molecule has 3 aromatic rings. The lowest BCUT2D eigenvalue weighted by molar-refractivity contribution is 0.0990. The van der Waals surface area contributed by atoms with Gasteiger partial charge in [-0.25, -0.2) is 0 Å². The van der Waals surface area contributed by atoms with Crippen molar-refractivity contribution in [3.05, 3.63) is 41.2 Å². The van der Waals surface area contributed by atoms with Crippen molar-refractivity contribution >= 4 is 21.8 Å². The van der Waals surface area contributed by atoms with Crippen LogP contribution in [0.15, 0.2) is 24.4 Å². The number of likely N-dealkylation sites (tertiary alicyclic amines) is 1. The first-order chi connectivity index (χ1) is 11.7. The standard InChI is InChI=1S/C20H25N3O/c1-14-9-17-18-12-21-15(2)10-19(18)22-20(17)11-16(14)13-24-8-7-23-5-3-4-6-23/h9-12,22H,3-8,13H2,1-2H3. The Kier molecular flexibility index (Phi) is 4.25. The van der Waals surface area contributed by atoms with E-state index in [1.54, 1.807) is 0 Å². The number of H-pyrrole nitrogens is 1. The van der Waals surface area contributed by atoms with Gasteiger partial charge in [-0.2, -0.15) is 0 Å². The Hall–Kier alpha value is -1.91.